The summed E-state index contributed by atoms with van der Waals surface area (Å²) < 4.78 is 0. The normalized spacial score (nSPS) is 11.3. The van der Waals surface area contributed by atoms with Crippen LogP contribution < -0.4 is 0 Å². The van der Waals surface area contributed by atoms with Crippen molar-refractivity contribution in [2.75, 3.05) is 0 Å². The van der Waals surface area contributed by atoms with Crippen molar-refractivity contribution in [1.29, 1.82) is 0 Å². The van der Waals surface area contributed by atoms with Crippen LogP contribution in [0.1, 0.15) is 5.56 Å². The Morgan fingerprint density at radius 3 is 1.22 bits per heavy atom. The summed E-state index contributed by atoms with van der Waals surface area (Å²) in [5.41, 5.74) is 0.354. The summed E-state index contributed by atoms with van der Waals surface area (Å²) in [7, 11) is 0. The van der Waals surface area contributed by atoms with Crippen LogP contribution in [-0.2, 0) is 0 Å². The lowest BCUT2D eigenvalue weighted by molar-refractivity contribution is 1.65. The number of rotatable bonds is 0. The van der Waals surface area contributed by atoms with Crippen LogP contribution in [-0.4, -0.2) is 0 Å². The van der Waals surface area contributed by atoms with Gasteiger partial charge >= 0.3 is 0 Å². The Balaban J connectivity index is 3.22. The molecular weight excluding hydrogens is 380 g/mol. The number of hydrogen-bond acceptors (Lipinski definition) is 0. The first-order chi connectivity index (χ1) is 8.29. The summed E-state index contributed by atoms with van der Waals surface area (Å²) in [5.74, 6) is 0. The topological polar surface area (TPSA) is 0 Å². The average molecular weight is 382 g/mol. The fourth-order valence-electron chi connectivity index (χ4n) is 1.53. The predicted octanol–water partition coefficient (Wildman–Crippen LogP) is 7.60. The number of fused-ring (bicyclic) bond motifs is 1. The second-order valence-electron chi connectivity index (χ2n) is 3.43. The van der Waals surface area contributed by atoms with Gasteiger partial charge in [-0.1, -0.05) is 81.2 Å². The second kappa shape index (κ2) is 5.26. The van der Waals surface area contributed by atoms with Gasteiger partial charge in [0.15, 0.2) is 0 Å². The van der Waals surface area contributed by atoms with E-state index < -0.39 is 0 Å². The van der Waals surface area contributed by atoms with Gasteiger partial charge in [0.25, 0.3) is 0 Å². The lowest BCUT2D eigenvalue weighted by Crippen LogP contribution is -1.89. The molecule has 18 heavy (non-hydrogen) atoms. The van der Waals surface area contributed by atoms with Gasteiger partial charge in [-0.05, 0) is 12.5 Å². The van der Waals surface area contributed by atoms with Crippen molar-refractivity contribution in [2.24, 2.45) is 0 Å². The summed E-state index contributed by atoms with van der Waals surface area (Å²) in [6.45, 7) is 3.73. The van der Waals surface area contributed by atoms with E-state index in [1.54, 1.807) is 0 Å². The third-order valence-electron chi connectivity index (χ3n) is 2.43. The zero-order chi connectivity index (χ0) is 13.8. The SMILES string of the molecule is [CH2]c1c(Cl)c(Cl)c2c(Cl)c(Cl)c(Cl)c(Cl)c2c1Cl. The van der Waals surface area contributed by atoms with E-state index in [0.29, 0.717) is 16.3 Å². The van der Waals surface area contributed by atoms with Crippen LogP contribution in [0.25, 0.3) is 10.8 Å². The first-order valence-electron chi connectivity index (χ1n) is 4.43. The highest BCUT2D eigenvalue weighted by Gasteiger charge is 2.22. The number of hydrogen-bond donors (Lipinski definition) is 0. The molecule has 0 aliphatic rings. The van der Waals surface area contributed by atoms with Crippen LogP contribution in [0.4, 0.5) is 0 Å². The Hall–Kier alpha value is 0.730. The molecule has 2 aromatic rings. The minimum atomic E-state index is 0.0988. The molecule has 0 spiro atoms. The molecule has 0 saturated carbocycles. The molecule has 0 N–H and O–H groups in total. The summed E-state index contributed by atoms with van der Waals surface area (Å²) in [6, 6.07) is 0. The van der Waals surface area contributed by atoms with Crippen molar-refractivity contribution in [3.8, 4) is 0 Å². The smallest absolute Gasteiger partial charge is 0.0800 e. The molecule has 0 unspecified atom stereocenters. The lowest BCUT2D eigenvalue weighted by atomic mass is 10.1. The Bertz CT molecular complexity index is 562. The molecule has 0 aliphatic carbocycles. The maximum absolute atomic E-state index is 6.15. The van der Waals surface area contributed by atoms with Gasteiger partial charge in [-0.3, -0.25) is 0 Å². The van der Waals surface area contributed by atoms with Crippen molar-refractivity contribution < 1.29 is 0 Å². The minimum Gasteiger partial charge on any atom is -0.0832 e. The minimum absolute atomic E-state index is 0.0988. The third-order valence-corrected chi connectivity index (χ3v) is 5.54. The average Bonchev–Trinajstić information content (AvgIpc) is 2.35. The standard InChI is InChI=1S/C11H2Cl7/c1-2-5(12)3-4(7(14)6(2)13)9(16)11(18)10(17)8(3)15/h1H2. The maximum Gasteiger partial charge on any atom is 0.0800 e. The Kier molecular flexibility index (Phi) is 4.42. The molecule has 1 radical (unpaired) electrons. The molecule has 0 nitrogen and oxygen atoms in total. The molecule has 0 heterocycles. The van der Waals surface area contributed by atoms with Crippen LogP contribution in [0, 0.1) is 6.92 Å². The summed E-state index contributed by atoms with van der Waals surface area (Å²) in [4.78, 5) is 0. The van der Waals surface area contributed by atoms with Crippen molar-refractivity contribution in [1.82, 2.24) is 0 Å². The second-order valence-corrected chi connectivity index (χ2v) is 6.07. The van der Waals surface area contributed by atoms with E-state index in [0.717, 1.165) is 0 Å². The Labute approximate surface area is 139 Å². The molecule has 2 aromatic carbocycles. The lowest BCUT2D eigenvalue weighted by Gasteiger charge is -2.14. The number of benzene rings is 2. The molecule has 0 bridgehead atoms. The molecule has 0 aromatic heterocycles. The van der Waals surface area contributed by atoms with Crippen molar-refractivity contribution in [3.05, 3.63) is 47.6 Å². The Morgan fingerprint density at radius 1 is 0.444 bits per heavy atom. The van der Waals surface area contributed by atoms with Crippen LogP contribution in [0.5, 0.6) is 0 Å². The molecule has 7 heteroatoms. The van der Waals surface area contributed by atoms with E-state index in [-0.39, 0.29) is 35.2 Å². The van der Waals surface area contributed by atoms with Gasteiger partial charge in [0.1, 0.15) is 0 Å². The van der Waals surface area contributed by atoms with Crippen molar-refractivity contribution in [3.63, 3.8) is 0 Å². The van der Waals surface area contributed by atoms with Crippen molar-refractivity contribution in [2.45, 2.75) is 0 Å². The van der Waals surface area contributed by atoms with Gasteiger partial charge in [-0.25, -0.2) is 0 Å². The van der Waals surface area contributed by atoms with E-state index in [1.165, 1.54) is 0 Å². The predicted molar refractivity (Wildman–Crippen MR) is 83.5 cm³/mol. The molecule has 0 aliphatic heterocycles. The van der Waals surface area contributed by atoms with E-state index in [2.05, 4.69) is 6.92 Å². The van der Waals surface area contributed by atoms with Gasteiger partial charge in [0.2, 0.25) is 0 Å². The highest BCUT2D eigenvalue weighted by Crippen LogP contribution is 2.50. The molecule has 0 saturated heterocycles. The van der Waals surface area contributed by atoms with Crippen LogP contribution in [0.2, 0.25) is 35.2 Å². The zero-order valence-electron chi connectivity index (χ0n) is 8.35. The number of halogens is 7. The van der Waals surface area contributed by atoms with Gasteiger partial charge in [-0.2, -0.15) is 0 Å². The largest absolute Gasteiger partial charge is 0.0832 e. The monoisotopic (exact) mass is 379 g/mol. The highest BCUT2D eigenvalue weighted by molar-refractivity contribution is 6.59. The molecular formula is C11H2Cl7. The summed E-state index contributed by atoms with van der Waals surface area (Å²) in [6.07, 6.45) is 0. The first-order valence-corrected chi connectivity index (χ1v) is 7.07. The fraction of sp³-hybridized carbons (Fsp3) is 0. The molecule has 0 amide bonds. The molecule has 0 fully saturated rings. The van der Waals surface area contributed by atoms with Crippen LogP contribution in [0.15, 0.2) is 0 Å². The van der Waals surface area contributed by atoms with Gasteiger partial charge in [0, 0.05) is 10.8 Å². The van der Waals surface area contributed by atoms with E-state index in [4.69, 9.17) is 81.2 Å². The first kappa shape index (κ1) is 15.1. The third kappa shape index (κ3) is 2.07. The highest BCUT2D eigenvalue weighted by atomic mass is 35.5. The maximum atomic E-state index is 6.15. The summed E-state index contributed by atoms with van der Waals surface area (Å²) in [5, 5.41) is 1.89. The van der Waals surface area contributed by atoms with E-state index >= 15 is 0 Å². The van der Waals surface area contributed by atoms with Crippen LogP contribution >= 0.6 is 81.2 Å². The van der Waals surface area contributed by atoms with Gasteiger partial charge in [0.05, 0.1) is 35.2 Å². The fourth-order valence-corrected chi connectivity index (χ4v) is 3.50. The zero-order valence-corrected chi connectivity index (χ0v) is 13.6. The van der Waals surface area contributed by atoms with E-state index in [9.17, 15) is 0 Å². The van der Waals surface area contributed by atoms with E-state index in [1.807, 2.05) is 0 Å². The van der Waals surface area contributed by atoms with Gasteiger partial charge in [-0.15, -0.1) is 0 Å². The Morgan fingerprint density at radius 2 is 0.778 bits per heavy atom. The quantitative estimate of drug-likeness (QED) is 0.325. The molecule has 95 valence electrons. The van der Waals surface area contributed by atoms with Crippen LogP contribution in [0.3, 0.4) is 0 Å². The molecule has 0 atom stereocenters. The molecule has 2 rings (SSSR count). The van der Waals surface area contributed by atoms with Gasteiger partial charge < -0.3 is 0 Å². The van der Waals surface area contributed by atoms with Crippen molar-refractivity contribution >= 4 is 92.0 Å². The summed E-state index contributed by atoms with van der Waals surface area (Å²) >= 11 is 42.5.